The van der Waals surface area contributed by atoms with E-state index in [0.29, 0.717) is 17.9 Å². The number of ketones is 1. The molecule has 2 aromatic carbocycles. The zero-order valence-electron chi connectivity index (χ0n) is 13.7. The fraction of sp³-hybridized carbons (Fsp3) is 0.143. The van der Waals surface area contributed by atoms with Crippen molar-refractivity contribution in [2.24, 2.45) is 0 Å². The number of hydrogen-bond acceptors (Lipinski definition) is 3. The summed E-state index contributed by atoms with van der Waals surface area (Å²) in [4.78, 5) is 16.0. The molecular formula is C21H18FNO2. The second-order valence-corrected chi connectivity index (χ2v) is 5.68. The van der Waals surface area contributed by atoms with Crippen molar-refractivity contribution in [1.29, 1.82) is 0 Å². The number of halogens is 1. The maximum absolute atomic E-state index is 13.1. The fourth-order valence-corrected chi connectivity index (χ4v) is 2.46. The van der Waals surface area contributed by atoms with E-state index in [1.807, 2.05) is 54.6 Å². The average molecular weight is 335 g/mol. The zero-order valence-corrected chi connectivity index (χ0v) is 13.7. The van der Waals surface area contributed by atoms with Crippen molar-refractivity contribution in [2.75, 3.05) is 6.61 Å². The molecule has 3 rings (SSSR count). The number of rotatable bonds is 7. The van der Waals surface area contributed by atoms with E-state index in [1.165, 1.54) is 18.3 Å². The molecule has 0 amide bonds. The molecule has 4 heteroatoms. The lowest BCUT2D eigenvalue weighted by atomic mass is 10.1. The van der Waals surface area contributed by atoms with E-state index in [1.54, 1.807) is 0 Å². The van der Waals surface area contributed by atoms with E-state index in [4.69, 9.17) is 4.74 Å². The van der Waals surface area contributed by atoms with Gasteiger partial charge in [-0.1, -0.05) is 42.5 Å². The molecule has 0 aliphatic heterocycles. The highest BCUT2D eigenvalue weighted by atomic mass is 19.1. The molecule has 0 aliphatic carbocycles. The standard InChI is InChI=1S/C21H18FNO2/c22-18-12-13-23-19(14-18)8-9-20(24)15-25-21-10-6-17(7-11-21)16-4-2-1-3-5-16/h1-7,10-14H,8-9,15H2. The van der Waals surface area contributed by atoms with Crippen LogP contribution in [0.3, 0.4) is 0 Å². The largest absolute Gasteiger partial charge is 0.486 e. The number of aromatic nitrogens is 1. The van der Waals surface area contributed by atoms with Gasteiger partial charge in [0.2, 0.25) is 0 Å². The SMILES string of the molecule is O=C(CCc1cc(F)ccn1)COc1ccc(-c2ccccc2)cc1. The van der Waals surface area contributed by atoms with E-state index in [-0.39, 0.29) is 24.6 Å². The summed E-state index contributed by atoms with van der Waals surface area (Å²) in [5.74, 6) is 0.266. The predicted octanol–water partition coefficient (Wildman–Crippen LogP) is 4.47. The summed E-state index contributed by atoms with van der Waals surface area (Å²) in [6.45, 7) is -0.000000630. The van der Waals surface area contributed by atoms with Gasteiger partial charge in [-0.2, -0.15) is 0 Å². The molecular weight excluding hydrogens is 317 g/mol. The van der Waals surface area contributed by atoms with Crippen LogP contribution in [-0.2, 0) is 11.2 Å². The molecule has 0 radical (unpaired) electrons. The van der Waals surface area contributed by atoms with Crippen molar-refractivity contribution in [3.63, 3.8) is 0 Å². The van der Waals surface area contributed by atoms with Gasteiger partial charge in [0.05, 0.1) is 0 Å². The Morgan fingerprint density at radius 1 is 0.960 bits per heavy atom. The van der Waals surface area contributed by atoms with Crippen LogP contribution in [0.4, 0.5) is 4.39 Å². The number of ether oxygens (including phenoxy) is 1. The molecule has 126 valence electrons. The lowest BCUT2D eigenvalue weighted by Crippen LogP contribution is -2.12. The van der Waals surface area contributed by atoms with E-state index in [0.717, 1.165) is 11.1 Å². The third-order valence-electron chi connectivity index (χ3n) is 3.80. The topological polar surface area (TPSA) is 39.2 Å². The summed E-state index contributed by atoms with van der Waals surface area (Å²) < 4.78 is 18.6. The van der Waals surface area contributed by atoms with Gasteiger partial charge in [0, 0.05) is 18.3 Å². The Hall–Kier alpha value is -3.01. The first-order chi connectivity index (χ1) is 12.2. The summed E-state index contributed by atoms with van der Waals surface area (Å²) in [7, 11) is 0. The maximum Gasteiger partial charge on any atom is 0.170 e. The minimum Gasteiger partial charge on any atom is -0.486 e. The molecule has 0 bridgehead atoms. The summed E-state index contributed by atoms with van der Waals surface area (Å²) in [6.07, 6.45) is 2.09. The molecule has 0 saturated carbocycles. The minimum absolute atomic E-state index is 0.000000630. The Bertz CT molecular complexity index is 832. The van der Waals surface area contributed by atoms with Crippen LogP contribution in [0.5, 0.6) is 5.75 Å². The fourth-order valence-electron chi connectivity index (χ4n) is 2.46. The summed E-state index contributed by atoms with van der Waals surface area (Å²) in [6, 6.07) is 20.3. The Kier molecular flexibility index (Phi) is 5.52. The quantitative estimate of drug-likeness (QED) is 0.639. The maximum atomic E-state index is 13.1. The lowest BCUT2D eigenvalue weighted by Gasteiger charge is -2.07. The van der Waals surface area contributed by atoms with Crippen LogP contribution in [0, 0.1) is 5.82 Å². The van der Waals surface area contributed by atoms with Crippen molar-refractivity contribution in [2.45, 2.75) is 12.8 Å². The van der Waals surface area contributed by atoms with Crippen LogP contribution < -0.4 is 4.74 Å². The van der Waals surface area contributed by atoms with Crippen LogP contribution in [0.15, 0.2) is 72.9 Å². The lowest BCUT2D eigenvalue weighted by molar-refractivity contribution is -0.121. The molecule has 0 aliphatic rings. The first-order valence-corrected chi connectivity index (χ1v) is 8.11. The third kappa shape index (κ3) is 4.98. The molecule has 0 unspecified atom stereocenters. The number of pyridine rings is 1. The van der Waals surface area contributed by atoms with Crippen molar-refractivity contribution < 1.29 is 13.9 Å². The van der Waals surface area contributed by atoms with Gasteiger partial charge in [0.1, 0.15) is 18.2 Å². The van der Waals surface area contributed by atoms with Crippen molar-refractivity contribution >= 4 is 5.78 Å². The van der Waals surface area contributed by atoms with Crippen molar-refractivity contribution in [3.05, 3.63) is 84.4 Å². The second kappa shape index (κ2) is 8.20. The van der Waals surface area contributed by atoms with Gasteiger partial charge >= 0.3 is 0 Å². The normalized spacial score (nSPS) is 10.4. The van der Waals surface area contributed by atoms with Crippen LogP contribution >= 0.6 is 0 Å². The molecule has 3 aromatic rings. The monoisotopic (exact) mass is 335 g/mol. The number of nitrogens with zero attached hydrogens (tertiary/aromatic N) is 1. The van der Waals surface area contributed by atoms with Gasteiger partial charge < -0.3 is 4.74 Å². The number of carbonyl (C=O) groups excluding carboxylic acids is 1. The van der Waals surface area contributed by atoms with Crippen LogP contribution in [-0.4, -0.2) is 17.4 Å². The van der Waals surface area contributed by atoms with Crippen molar-refractivity contribution in [1.82, 2.24) is 4.98 Å². The first-order valence-electron chi connectivity index (χ1n) is 8.11. The highest BCUT2D eigenvalue weighted by Gasteiger charge is 2.06. The summed E-state index contributed by atoms with van der Waals surface area (Å²) >= 11 is 0. The molecule has 0 saturated heterocycles. The van der Waals surface area contributed by atoms with Gasteiger partial charge in [0.25, 0.3) is 0 Å². The number of carbonyl (C=O) groups is 1. The number of aryl methyl sites for hydroxylation is 1. The molecule has 1 aromatic heterocycles. The van der Waals surface area contributed by atoms with Crippen LogP contribution in [0.1, 0.15) is 12.1 Å². The number of benzene rings is 2. The summed E-state index contributed by atoms with van der Waals surface area (Å²) in [5.41, 5.74) is 2.80. The third-order valence-corrected chi connectivity index (χ3v) is 3.80. The van der Waals surface area contributed by atoms with Gasteiger partial charge in [0.15, 0.2) is 5.78 Å². The Morgan fingerprint density at radius 2 is 1.68 bits per heavy atom. The van der Waals surface area contributed by atoms with E-state index >= 15 is 0 Å². The minimum atomic E-state index is -0.341. The molecule has 25 heavy (non-hydrogen) atoms. The molecule has 0 fully saturated rings. The van der Waals surface area contributed by atoms with Gasteiger partial charge in [-0.15, -0.1) is 0 Å². The van der Waals surface area contributed by atoms with E-state index in [2.05, 4.69) is 4.98 Å². The Balaban J connectivity index is 1.49. The Labute approximate surface area is 146 Å². The molecule has 0 atom stereocenters. The van der Waals surface area contributed by atoms with Gasteiger partial charge in [-0.25, -0.2) is 4.39 Å². The van der Waals surface area contributed by atoms with E-state index < -0.39 is 0 Å². The zero-order chi connectivity index (χ0) is 17.5. The Morgan fingerprint density at radius 3 is 2.40 bits per heavy atom. The smallest absolute Gasteiger partial charge is 0.170 e. The predicted molar refractivity (Wildman–Crippen MR) is 94.9 cm³/mol. The highest BCUT2D eigenvalue weighted by Crippen LogP contribution is 2.22. The second-order valence-electron chi connectivity index (χ2n) is 5.68. The van der Waals surface area contributed by atoms with Gasteiger partial charge in [-0.3, -0.25) is 9.78 Å². The molecule has 1 heterocycles. The van der Waals surface area contributed by atoms with E-state index in [9.17, 15) is 9.18 Å². The average Bonchev–Trinajstić information content (AvgIpc) is 2.66. The summed E-state index contributed by atoms with van der Waals surface area (Å²) in [5, 5.41) is 0. The number of Topliss-reactive ketones (excluding diaryl/α,β-unsaturated/α-hetero) is 1. The first kappa shape index (κ1) is 16.8. The molecule has 0 spiro atoms. The van der Waals surface area contributed by atoms with Gasteiger partial charge in [-0.05, 0) is 41.8 Å². The molecule has 3 nitrogen and oxygen atoms in total. The highest BCUT2D eigenvalue weighted by molar-refractivity contribution is 5.80. The molecule has 0 N–H and O–H groups in total. The van der Waals surface area contributed by atoms with Crippen LogP contribution in [0.25, 0.3) is 11.1 Å². The van der Waals surface area contributed by atoms with Crippen molar-refractivity contribution in [3.8, 4) is 16.9 Å². The number of hydrogen-bond donors (Lipinski definition) is 0. The van der Waals surface area contributed by atoms with Crippen LogP contribution in [0.2, 0.25) is 0 Å².